The standard InChI is InChI=1S/C18H27NO2/c20-14-17(12-15-8-6-3-7-9-15)19-18(21)13-16-10-4-1-2-5-11-16/h3,6-9,16-17,20H,1-2,4-5,10-14H2,(H,19,21). The third-order valence-electron chi connectivity index (χ3n) is 4.36. The fourth-order valence-corrected chi connectivity index (χ4v) is 3.18. The minimum absolute atomic E-state index is 0.00863. The molecule has 1 fully saturated rings. The van der Waals surface area contributed by atoms with Crippen LogP contribution in [0.1, 0.15) is 50.5 Å². The van der Waals surface area contributed by atoms with E-state index in [4.69, 9.17) is 0 Å². The molecule has 1 aliphatic rings. The van der Waals surface area contributed by atoms with Crippen LogP contribution in [0.2, 0.25) is 0 Å². The van der Waals surface area contributed by atoms with E-state index in [1.165, 1.54) is 38.5 Å². The molecule has 0 bridgehead atoms. The van der Waals surface area contributed by atoms with Crippen LogP contribution in [0.4, 0.5) is 0 Å². The third-order valence-corrected chi connectivity index (χ3v) is 4.36. The third kappa shape index (κ3) is 5.88. The Hall–Kier alpha value is -1.35. The molecule has 116 valence electrons. The highest BCUT2D eigenvalue weighted by Gasteiger charge is 2.18. The molecule has 1 aromatic carbocycles. The summed E-state index contributed by atoms with van der Waals surface area (Å²) in [5, 5.41) is 12.5. The molecule has 1 unspecified atom stereocenters. The first-order chi connectivity index (χ1) is 10.3. The Balaban J connectivity index is 1.79. The number of aliphatic hydroxyl groups excluding tert-OH is 1. The van der Waals surface area contributed by atoms with Gasteiger partial charge in [-0.05, 0) is 30.7 Å². The predicted molar refractivity (Wildman–Crippen MR) is 85.0 cm³/mol. The topological polar surface area (TPSA) is 49.3 Å². The molecule has 0 aliphatic heterocycles. The number of carbonyl (C=O) groups excluding carboxylic acids is 1. The van der Waals surface area contributed by atoms with Gasteiger partial charge in [-0.15, -0.1) is 0 Å². The molecular weight excluding hydrogens is 262 g/mol. The van der Waals surface area contributed by atoms with Gasteiger partial charge in [-0.1, -0.05) is 56.0 Å². The average molecular weight is 289 g/mol. The number of rotatable bonds is 6. The maximum atomic E-state index is 12.2. The van der Waals surface area contributed by atoms with E-state index >= 15 is 0 Å². The second-order valence-corrected chi connectivity index (χ2v) is 6.20. The van der Waals surface area contributed by atoms with Crippen molar-refractivity contribution in [1.82, 2.24) is 5.32 Å². The molecule has 3 nitrogen and oxygen atoms in total. The van der Waals surface area contributed by atoms with Crippen LogP contribution >= 0.6 is 0 Å². The highest BCUT2D eigenvalue weighted by Crippen LogP contribution is 2.25. The zero-order valence-electron chi connectivity index (χ0n) is 12.8. The van der Waals surface area contributed by atoms with E-state index in [1.54, 1.807) is 0 Å². The lowest BCUT2D eigenvalue weighted by molar-refractivity contribution is -0.123. The van der Waals surface area contributed by atoms with E-state index in [1.807, 2.05) is 30.3 Å². The first-order valence-electron chi connectivity index (χ1n) is 8.22. The molecule has 1 aromatic rings. The quantitative estimate of drug-likeness (QED) is 0.791. The van der Waals surface area contributed by atoms with Crippen LogP contribution in [0.3, 0.4) is 0 Å². The number of benzene rings is 1. The lowest BCUT2D eigenvalue weighted by Gasteiger charge is -2.19. The number of hydrogen-bond donors (Lipinski definition) is 2. The number of carbonyl (C=O) groups is 1. The van der Waals surface area contributed by atoms with Crippen molar-refractivity contribution in [2.75, 3.05) is 6.61 Å². The first-order valence-corrected chi connectivity index (χ1v) is 8.22. The van der Waals surface area contributed by atoms with Crippen molar-refractivity contribution in [3.63, 3.8) is 0 Å². The molecule has 0 spiro atoms. The minimum atomic E-state index is -0.175. The van der Waals surface area contributed by atoms with Gasteiger partial charge >= 0.3 is 0 Å². The van der Waals surface area contributed by atoms with Crippen molar-refractivity contribution in [1.29, 1.82) is 0 Å². The summed E-state index contributed by atoms with van der Waals surface area (Å²) in [6.07, 6.45) is 8.79. The van der Waals surface area contributed by atoms with Crippen molar-refractivity contribution < 1.29 is 9.90 Å². The van der Waals surface area contributed by atoms with E-state index < -0.39 is 0 Å². The Morgan fingerprint density at radius 1 is 1.14 bits per heavy atom. The molecule has 3 heteroatoms. The number of amides is 1. The molecule has 2 N–H and O–H groups in total. The maximum absolute atomic E-state index is 12.2. The number of aliphatic hydroxyl groups is 1. The fraction of sp³-hybridized carbons (Fsp3) is 0.611. The average Bonchev–Trinajstić information content (AvgIpc) is 2.76. The van der Waals surface area contributed by atoms with Gasteiger partial charge in [-0.25, -0.2) is 0 Å². The predicted octanol–water partition coefficient (Wildman–Crippen LogP) is 3.07. The second kappa shape index (κ2) is 8.83. The lowest BCUT2D eigenvalue weighted by Crippen LogP contribution is -2.39. The van der Waals surface area contributed by atoms with Crippen molar-refractivity contribution in [3.8, 4) is 0 Å². The smallest absolute Gasteiger partial charge is 0.220 e. The van der Waals surface area contributed by atoms with Gasteiger partial charge in [0.25, 0.3) is 0 Å². The molecule has 0 aromatic heterocycles. The summed E-state index contributed by atoms with van der Waals surface area (Å²) in [5.74, 6) is 0.625. The van der Waals surface area contributed by atoms with Gasteiger partial charge in [0.2, 0.25) is 5.91 Å². The van der Waals surface area contributed by atoms with Gasteiger partial charge in [0.15, 0.2) is 0 Å². The Labute approximate surface area is 127 Å². The van der Waals surface area contributed by atoms with Gasteiger partial charge in [0, 0.05) is 6.42 Å². The van der Waals surface area contributed by atoms with Crippen LogP contribution in [0, 0.1) is 5.92 Å². The molecule has 2 rings (SSSR count). The fourth-order valence-electron chi connectivity index (χ4n) is 3.18. The number of nitrogens with one attached hydrogen (secondary N) is 1. The van der Waals surface area contributed by atoms with Gasteiger partial charge < -0.3 is 10.4 Å². The summed E-state index contributed by atoms with van der Waals surface area (Å²) in [6.45, 7) is -0.00863. The van der Waals surface area contributed by atoms with Crippen LogP contribution in [0.5, 0.6) is 0 Å². The molecule has 0 radical (unpaired) electrons. The molecular formula is C18H27NO2. The summed E-state index contributed by atoms with van der Waals surface area (Å²) in [4.78, 5) is 12.2. The van der Waals surface area contributed by atoms with Crippen molar-refractivity contribution in [2.24, 2.45) is 5.92 Å². The maximum Gasteiger partial charge on any atom is 0.220 e. The normalized spacial score (nSPS) is 18.0. The monoisotopic (exact) mass is 289 g/mol. The largest absolute Gasteiger partial charge is 0.394 e. The summed E-state index contributed by atoms with van der Waals surface area (Å²) in [7, 11) is 0. The zero-order chi connectivity index (χ0) is 14.9. The van der Waals surface area contributed by atoms with Crippen LogP contribution in [-0.4, -0.2) is 23.7 Å². The Kier molecular flexibility index (Phi) is 6.74. The molecule has 1 atom stereocenters. The lowest BCUT2D eigenvalue weighted by atomic mass is 9.96. The van der Waals surface area contributed by atoms with E-state index in [2.05, 4.69) is 5.32 Å². The van der Waals surface area contributed by atoms with E-state index in [0.717, 1.165) is 5.56 Å². The highest BCUT2D eigenvalue weighted by atomic mass is 16.3. The minimum Gasteiger partial charge on any atom is -0.394 e. The summed E-state index contributed by atoms with van der Waals surface area (Å²) < 4.78 is 0. The SMILES string of the molecule is O=C(CC1CCCCCC1)NC(CO)Cc1ccccc1. The highest BCUT2D eigenvalue weighted by molar-refractivity contribution is 5.76. The summed E-state index contributed by atoms with van der Waals surface area (Å²) in [5.41, 5.74) is 1.14. The molecule has 1 aliphatic carbocycles. The van der Waals surface area contributed by atoms with Crippen LogP contribution in [0.15, 0.2) is 30.3 Å². The number of hydrogen-bond acceptors (Lipinski definition) is 2. The summed E-state index contributed by atoms with van der Waals surface area (Å²) in [6, 6.07) is 9.82. The Morgan fingerprint density at radius 2 is 1.81 bits per heavy atom. The van der Waals surface area contributed by atoms with E-state index in [-0.39, 0.29) is 18.6 Å². The van der Waals surface area contributed by atoms with Crippen molar-refractivity contribution in [2.45, 2.75) is 57.4 Å². The molecule has 1 amide bonds. The first kappa shape index (κ1) is 16.0. The van der Waals surface area contributed by atoms with Gasteiger partial charge in [-0.2, -0.15) is 0 Å². The molecule has 0 saturated heterocycles. The molecule has 0 heterocycles. The zero-order valence-corrected chi connectivity index (χ0v) is 12.8. The van der Waals surface area contributed by atoms with Crippen molar-refractivity contribution >= 4 is 5.91 Å². The molecule has 1 saturated carbocycles. The van der Waals surface area contributed by atoms with Crippen LogP contribution in [0.25, 0.3) is 0 Å². The van der Waals surface area contributed by atoms with Gasteiger partial charge in [0.05, 0.1) is 12.6 Å². The van der Waals surface area contributed by atoms with Gasteiger partial charge in [-0.3, -0.25) is 4.79 Å². The van der Waals surface area contributed by atoms with Crippen LogP contribution in [-0.2, 0) is 11.2 Å². The van der Waals surface area contributed by atoms with Crippen LogP contribution < -0.4 is 5.32 Å². The Morgan fingerprint density at radius 3 is 2.43 bits per heavy atom. The van der Waals surface area contributed by atoms with E-state index in [0.29, 0.717) is 18.8 Å². The van der Waals surface area contributed by atoms with E-state index in [9.17, 15) is 9.90 Å². The van der Waals surface area contributed by atoms with Crippen molar-refractivity contribution in [3.05, 3.63) is 35.9 Å². The molecule has 21 heavy (non-hydrogen) atoms. The second-order valence-electron chi connectivity index (χ2n) is 6.20. The van der Waals surface area contributed by atoms with Gasteiger partial charge in [0.1, 0.15) is 0 Å². The Bertz CT molecular complexity index is 410. The summed E-state index contributed by atoms with van der Waals surface area (Å²) >= 11 is 0.